The van der Waals surface area contributed by atoms with Crippen molar-refractivity contribution in [2.45, 2.75) is 67.4 Å². The zero-order valence-electron chi connectivity index (χ0n) is 18.8. The molecule has 30 heavy (non-hydrogen) atoms. The highest BCUT2D eigenvalue weighted by Gasteiger charge is 2.21. The summed E-state index contributed by atoms with van der Waals surface area (Å²) in [6, 6.07) is 4.72. The first-order valence-corrected chi connectivity index (χ1v) is 10.2. The van der Waals surface area contributed by atoms with Gasteiger partial charge in [-0.25, -0.2) is 9.59 Å². The standard InChI is InChI=1S/C22H36N2O5.CH4/c1-8-22(4,5)12-11-19(25)16-13-17(28-20(26)23(6)9-2)15-18(14-16)29-21(27)24(7)10-3;/h13-15,19,25H,8-12H2,1-7H3;1H4. The molecule has 172 valence electrons. The number of ether oxygens (including phenoxy) is 2. The van der Waals surface area contributed by atoms with Crippen molar-refractivity contribution in [2.75, 3.05) is 27.2 Å². The van der Waals surface area contributed by atoms with Crippen molar-refractivity contribution in [1.29, 1.82) is 0 Å². The predicted molar refractivity (Wildman–Crippen MR) is 120 cm³/mol. The Bertz CT molecular complexity index is 648. The molecule has 1 rings (SSSR count). The molecule has 1 aromatic rings. The van der Waals surface area contributed by atoms with E-state index < -0.39 is 18.3 Å². The highest BCUT2D eigenvalue weighted by molar-refractivity contribution is 5.72. The second-order valence-electron chi connectivity index (χ2n) is 8.07. The second-order valence-corrected chi connectivity index (χ2v) is 8.07. The summed E-state index contributed by atoms with van der Waals surface area (Å²) < 4.78 is 10.8. The maximum atomic E-state index is 12.1. The molecule has 0 aliphatic heterocycles. The van der Waals surface area contributed by atoms with Crippen molar-refractivity contribution in [3.8, 4) is 11.5 Å². The number of nitrogens with zero attached hydrogens (tertiary/aromatic N) is 2. The third-order valence-electron chi connectivity index (χ3n) is 5.32. The van der Waals surface area contributed by atoms with Crippen LogP contribution in [0.4, 0.5) is 9.59 Å². The third kappa shape index (κ3) is 8.61. The zero-order valence-corrected chi connectivity index (χ0v) is 18.8. The normalized spacial score (nSPS) is 11.9. The van der Waals surface area contributed by atoms with E-state index in [9.17, 15) is 14.7 Å². The number of amides is 2. The number of aliphatic hydroxyl groups excluding tert-OH is 1. The van der Waals surface area contributed by atoms with Crippen molar-refractivity contribution in [1.82, 2.24) is 9.80 Å². The molecule has 1 atom stereocenters. The van der Waals surface area contributed by atoms with Crippen molar-refractivity contribution < 1.29 is 24.2 Å². The van der Waals surface area contributed by atoms with Gasteiger partial charge in [0.2, 0.25) is 0 Å². The summed E-state index contributed by atoms with van der Waals surface area (Å²) in [6.45, 7) is 11.1. The molecule has 0 spiro atoms. The molecule has 1 aromatic carbocycles. The van der Waals surface area contributed by atoms with Crippen LogP contribution in [-0.4, -0.2) is 54.3 Å². The van der Waals surface area contributed by atoms with Gasteiger partial charge in [-0.15, -0.1) is 0 Å². The fourth-order valence-corrected chi connectivity index (χ4v) is 2.39. The maximum Gasteiger partial charge on any atom is 0.414 e. The van der Waals surface area contributed by atoms with Gasteiger partial charge in [-0.2, -0.15) is 0 Å². The van der Waals surface area contributed by atoms with E-state index in [0.717, 1.165) is 12.8 Å². The van der Waals surface area contributed by atoms with Gasteiger partial charge in [-0.3, -0.25) is 0 Å². The minimum Gasteiger partial charge on any atom is -0.410 e. The monoisotopic (exact) mass is 424 g/mol. The Balaban J connectivity index is 0.00000841. The second kappa shape index (κ2) is 12.4. The Morgan fingerprint density at radius 3 is 1.77 bits per heavy atom. The van der Waals surface area contributed by atoms with Crippen LogP contribution in [0, 0.1) is 5.41 Å². The molecule has 7 nitrogen and oxygen atoms in total. The lowest BCUT2D eigenvalue weighted by Gasteiger charge is -2.24. The van der Waals surface area contributed by atoms with E-state index >= 15 is 0 Å². The molecule has 0 saturated carbocycles. The Hall–Kier alpha value is -2.28. The van der Waals surface area contributed by atoms with Crippen LogP contribution in [0.2, 0.25) is 0 Å². The summed E-state index contributed by atoms with van der Waals surface area (Å²) in [5.41, 5.74) is 0.664. The molecule has 0 heterocycles. The summed E-state index contributed by atoms with van der Waals surface area (Å²) in [5.74, 6) is 0.451. The summed E-state index contributed by atoms with van der Waals surface area (Å²) in [6.07, 6.45) is 0.594. The topological polar surface area (TPSA) is 79.3 Å². The minimum atomic E-state index is -0.760. The molecule has 0 saturated heterocycles. The average molecular weight is 425 g/mol. The van der Waals surface area contributed by atoms with Crippen LogP contribution < -0.4 is 9.47 Å². The Labute approximate surface area is 182 Å². The molecule has 1 N–H and O–H groups in total. The lowest BCUT2D eigenvalue weighted by atomic mass is 9.83. The number of hydrogen-bond acceptors (Lipinski definition) is 5. The predicted octanol–water partition coefficient (Wildman–Crippen LogP) is 5.47. The van der Waals surface area contributed by atoms with Gasteiger partial charge in [0.05, 0.1) is 6.10 Å². The fraction of sp³-hybridized carbons (Fsp3) is 0.652. The molecule has 2 amide bonds. The van der Waals surface area contributed by atoms with Crippen LogP contribution in [0.1, 0.15) is 73.0 Å². The lowest BCUT2D eigenvalue weighted by molar-refractivity contribution is 0.140. The molecule has 7 heteroatoms. The van der Waals surface area contributed by atoms with Crippen LogP contribution in [0.3, 0.4) is 0 Å². The highest BCUT2D eigenvalue weighted by atomic mass is 16.6. The summed E-state index contributed by atoms with van der Waals surface area (Å²) in [5, 5.41) is 10.7. The zero-order chi connectivity index (χ0) is 22.2. The molecular formula is C23H40N2O5. The molecule has 0 aliphatic carbocycles. The van der Waals surface area contributed by atoms with Gasteiger partial charge in [0.15, 0.2) is 0 Å². The lowest BCUT2D eigenvalue weighted by Crippen LogP contribution is -2.30. The molecule has 0 fully saturated rings. The Kier molecular flexibility index (Phi) is 11.5. The number of aliphatic hydroxyl groups is 1. The van der Waals surface area contributed by atoms with Gasteiger partial charge in [-0.1, -0.05) is 34.6 Å². The first kappa shape index (κ1) is 27.7. The van der Waals surface area contributed by atoms with Crippen molar-refractivity contribution in [2.24, 2.45) is 5.41 Å². The van der Waals surface area contributed by atoms with Gasteiger partial charge in [0, 0.05) is 33.3 Å². The van der Waals surface area contributed by atoms with Crippen LogP contribution >= 0.6 is 0 Å². The van der Waals surface area contributed by atoms with Crippen LogP contribution in [0.15, 0.2) is 18.2 Å². The van der Waals surface area contributed by atoms with E-state index in [1.165, 1.54) is 15.9 Å². The van der Waals surface area contributed by atoms with Gasteiger partial charge in [0.1, 0.15) is 11.5 Å². The number of carbonyl (C=O) groups is 2. The third-order valence-corrected chi connectivity index (χ3v) is 5.32. The van der Waals surface area contributed by atoms with Crippen LogP contribution in [0.25, 0.3) is 0 Å². The fourth-order valence-electron chi connectivity index (χ4n) is 2.39. The van der Waals surface area contributed by atoms with E-state index in [4.69, 9.17) is 9.47 Å². The molecular weight excluding hydrogens is 384 g/mol. The quantitative estimate of drug-likeness (QED) is 0.568. The summed E-state index contributed by atoms with van der Waals surface area (Å²) >= 11 is 0. The molecule has 0 bridgehead atoms. The van der Waals surface area contributed by atoms with Gasteiger partial charge in [0.25, 0.3) is 0 Å². The van der Waals surface area contributed by atoms with E-state index in [0.29, 0.717) is 25.1 Å². The van der Waals surface area contributed by atoms with E-state index in [2.05, 4.69) is 20.8 Å². The van der Waals surface area contributed by atoms with Crippen molar-refractivity contribution in [3.05, 3.63) is 23.8 Å². The average Bonchev–Trinajstić information content (AvgIpc) is 2.70. The smallest absolute Gasteiger partial charge is 0.410 e. The molecule has 1 unspecified atom stereocenters. The highest BCUT2D eigenvalue weighted by Crippen LogP contribution is 2.33. The maximum absolute atomic E-state index is 12.1. The number of hydrogen-bond donors (Lipinski definition) is 1. The molecule has 0 aromatic heterocycles. The van der Waals surface area contributed by atoms with Crippen molar-refractivity contribution >= 4 is 12.2 Å². The Morgan fingerprint density at radius 1 is 0.967 bits per heavy atom. The van der Waals surface area contributed by atoms with Crippen LogP contribution in [-0.2, 0) is 0 Å². The number of rotatable bonds is 9. The summed E-state index contributed by atoms with van der Waals surface area (Å²) in [7, 11) is 3.26. The minimum absolute atomic E-state index is 0. The largest absolute Gasteiger partial charge is 0.414 e. The Morgan fingerprint density at radius 2 is 1.40 bits per heavy atom. The molecule has 0 radical (unpaired) electrons. The van der Waals surface area contributed by atoms with E-state index in [1.54, 1.807) is 26.2 Å². The van der Waals surface area contributed by atoms with Gasteiger partial charge < -0.3 is 24.4 Å². The van der Waals surface area contributed by atoms with Gasteiger partial charge >= 0.3 is 12.2 Å². The van der Waals surface area contributed by atoms with Crippen LogP contribution in [0.5, 0.6) is 11.5 Å². The van der Waals surface area contributed by atoms with E-state index in [1.807, 2.05) is 13.8 Å². The van der Waals surface area contributed by atoms with Crippen molar-refractivity contribution in [3.63, 3.8) is 0 Å². The van der Waals surface area contributed by atoms with E-state index in [-0.39, 0.29) is 24.3 Å². The first-order valence-electron chi connectivity index (χ1n) is 10.2. The van der Waals surface area contributed by atoms with Gasteiger partial charge in [-0.05, 0) is 49.8 Å². The summed E-state index contributed by atoms with van der Waals surface area (Å²) in [4.78, 5) is 27.1. The number of carbonyl (C=O) groups excluding carboxylic acids is 2. The first-order chi connectivity index (χ1) is 13.5. The number of benzene rings is 1. The SMILES string of the molecule is C.CCN(C)C(=O)Oc1cc(OC(=O)N(C)CC)cc(C(O)CCC(C)(C)CC)c1. The molecule has 0 aliphatic rings.